The van der Waals surface area contributed by atoms with Gasteiger partial charge in [-0.1, -0.05) is 20.8 Å². The first-order valence-corrected chi connectivity index (χ1v) is 10.1. The molecule has 0 aromatic carbocycles. The Hall–Kier alpha value is -2.48. The van der Waals surface area contributed by atoms with E-state index in [1.165, 1.54) is 4.57 Å². The number of nitrogens with zero attached hydrogens (tertiary/aromatic N) is 2. The third kappa shape index (κ3) is 3.61. The van der Waals surface area contributed by atoms with E-state index in [1.54, 1.807) is 6.07 Å². The molecular formula is C20H29N5O3. The van der Waals surface area contributed by atoms with Gasteiger partial charge in [0, 0.05) is 24.7 Å². The van der Waals surface area contributed by atoms with Crippen LogP contribution in [-0.4, -0.2) is 32.5 Å². The predicted molar refractivity (Wildman–Crippen MR) is 109 cm³/mol. The molecule has 0 saturated heterocycles. The van der Waals surface area contributed by atoms with Crippen LogP contribution >= 0.6 is 0 Å². The Balaban J connectivity index is 2.23. The topological polar surface area (TPSA) is 123 Å². The largest absolute Gasteiger partial charge is 0.345 e. The number of aryl methyl sites for hydroxylation is 1. The Morgan fingerprint density at radius 2 is 2.00 bits per heavy atom. The van der Waals surface area contributed by atoms with Crippen molar-refractivity contribution in [3.05, 3.63) is 38.2 Å². The zero-order valence-electron chi connectivity index (χ0n) is 16.8. The van der Waals surface area contributed by atoms with Gasteiger partial charge in [-0.05, 0) is 38.2 Å². The van der Waals surface area contributed by atoms with Crippen LogP contribution in [0.4, 0.5) is 0 Å². The fraction of sp³-hybridized carbons (Fsp3) is 0.600. The molecule has 1 saturated carbocycles. The van der Waals surface area contributed by atoms with Crippen LogP contribution in [0.2, 0.25) is 0 Å². The number of nitrogens with one attached hydrogen (secondary N) is 2. The summed E-state index contributed by atoms with van der Waals surface area (Å²) in [6.07, 6.45) is 4.07. The number of aromatic amines is 1. The average Bonchev–Trinajstić information content (AvgIpc) is 3.53. The third-order valence-corrected chi connectivity index (χ3v) is 5.78. The fourth-order valence-electron chi connectivity index (χ4n) is 3.57. The molecule has 0 radical (unpaired) electrons. The second-order valence-corrected chi connectivity index (χ2v) is 7.62. The van der Waals surface area contributed by atoms with Gasteiger partial charge in [0.25, 0.3) is 11.5 Å². The maximum atomic E-state index is 13.2. The summed E-state index contributed by atoms with van der Waals surface area (Å²) in [6, 6.07) is 1.71. The molecule has 0 atom stereocenters. The normalized spacial score (nSPS) is 14.4. The molecule has 0 unspecified atom stereocenters. The van der Waals surface area contributed by atoms with Crippen molar-refractivity contribution in [2.24, 2.45) is 5.73 Å². The van der Waals surface area contributed by atoms with Crippen molar-refractivity contribution < 1.29 is 4.79 Å². The van der Waals surface area contributed by atoms with Gasteiger partial charge < -0.3 is 11.1 Å². The third-order valence-electron chi connectivity index (χ3n) is 5.78. The zero-order valence-corrected chi connectivity index (χ0v) is 16.8. The van der Waals surface area contributed by atoms with Gasteiger partial charge in [-0.3, -0.25) is 19.1 Å². The Kier molecular flexibility index (Phi) is 5.69. The van der Waals surface area contributed by atoms with Crippen molar-refractivity contribution >= 4 is 16.9 Å². The number of fused-ring (bicyclic) bond motifs is 1. The number of amides is 1. The second-order valence-electron chi connectivity index (χ2n) is 7.62. The summed E-state index contributed by atoms with van der Waals surface area (Å²) in [5, 5.41) is 3.20. The van der Waals surface area contributed by atoms with Crippen LogP contribution in [0.3, 0.4) is 0 Å². The quantitative estimate of drug-likeness (QED) is 0.635. The lowest BCUT2D eigenvalue weighted by Gasteiger charge is -2.31. The first kappa shape index (κ1) is 20.3. The number of nitrogens with two attached hydrogens (primary N) is 1. The Labute approximate surface area is 163 Å². The van der Waals surface area contributed by atoms with Crippen molar-refractivity contribution in [3.63, 3.8) is 0 Å². The highest BCUT2D eigenvalue weighted by Gasteiger charge is 2.31. The van der Waals surface area contributed by atoms with Gasteiger partial charge in [-0.15, -0.1) is 0 Å². The summed E-state index contributed by atoms with van der Waals surface area (Å²) < 4.78 is 1.45. The van der Waals surface area contributed by atoms with Gasteiger partial charge >= 0.3 is 5.69 Å². The Bertz CT molecular complexity index is 991. The van der Waals surface area contributed by atoms with Gasteiger partial charge in [0.2, 0.25) is 0 Å². The fourth-order valence-corrected chi connectivity index (χ4v) is 3.57. The van der Waals surface area contributed by atoms with E-state index in [2.05, 4.69) is 15.3 Å². The van der Waals surface area contributed by atoms with E-state index in [9.17, 15) is 14.4 Å². The Morgan fingerprint density at radius 1 is 1.32 bits per heavy atom. The van der Waals surface area contributed by atoms with E-state index in [1.807, 2.05) is 20.8 Å². The van der Waals surface area contributed by atoms with Crippen LogP contribution < -0.4 is 22.3 Å². The summed E-state index contributed by atoms with van der Waals surface area (Å²) in [7, 11) is 0. The molecule has 8 nitrogen and oxygen atoms in total. The monoisotopic (exact) mass is 387 g/mol. The number of pyridine rings is 1. The van der Waals surface area contributed by atoms with Crippen molar-refractivity contribution in [3.8, 4) is 0 Å². The zero-order chi connectivity index (χ0) is 20.5. The lowest BCUT2D eigenvalue weighted by atomic mass is 9.92. The second kappa shape index (κ2) is 7.87. The van der Waals surface area contributed by atoms with Crippen LogP contribution in [-0.2, 0) is 6.54 Å². The summed E-state index contributed by atoms with van der Waals surface area (Å²) >= 11 is 0. The number of aromatic nitrogens is 3. The highest BCUT2D eigenvalue weighted by Crippen LogP contribution is 2.40. The molecular weight excluding hydrogens is 358 g/mol. The number of carbonyl (C=O) groups excluding carboxylic acids is 1. The SMILES string of the molecule is CCCn1c(=O)[nH]c(=O)c2c(C(=O)NC(CC)(CC)CN)cc(C3CC3)nc21. The summed E-state index contributed by atoms with van der Waals surface area (Å²) in [6.45, 7) is 6.62. The van der Waals surface area contributed by atoms with E-state index >= 15 is 0 Å². The molecule has 1 aliphatic carbocycles. The minimum atomic E-state index is -0.585. The molecule has 2 aromatic rings. The molecule has 0 spiro atoms. The Morgan fingerprint density at radius 3 is 2.54 bits per heavy atom. The van der Waals surface area contributed by atoms with Crippen LogP contribution in [0.1, 0.15) is 74.8 Å². The van der Waals surface area contributed by atoms with Gasteiger partial charge in [0.15, 0.2) is 5.65 Å². The number of carbonyl (C=O) groups is 1. The van der Waals surface area contributed by atoms with Crippen molar-refractivity contribution in [2.45, 2.75) is 70.9 Å². The molecule has 2 heterocycles. The highest BCUT2D eigenvalue weighted by atomic mass is 16.2. The molecule has 0 aliphatic heterocycles. The van der Waals surface area contributed by atoms with Crippen LogP contribution in [0.15, 0.2) is 15.7 Å². The predicted octanol–water partition coefficient (Wildman–Crippen LogP) is 1.62. The average molecular weight is 387 g/mol. The van der Waals surface area contributed by atoms with E-state index in [4.69, 9.17) is 5.73 Å². The van der Waals surface area contributed by atoms with E-state index in [-0.39, 0.29) is 28.4 Å². The van der Waals surface area contributed by atoms with Gasteiger partial charge in [-0.25, -0.2) is 9.78 Å². The minimum Gasteiger partial charge on any atom is -0.345 e. The molecule has 1 fully saturated rings. The molecule has 1 amide bonds. The molecule has 0 bridgehead atoms. The van der Waals surface area contributed by atoms with Crippen LogP contribution in [0.25, 0.3) is 11.0 Å². The van der Waals surface area contributed by atoms with Gasteiger partial charge in [-0.2, -0.15) is 0 Å². The van der Waals surface area contributed by atoms with Crippen molar-refractivity contribution in [1.29, 1.82) is 0 Å². The molecule has 1 aliphatic rings. The summed E-state index contributed by atoms with van der Waals surface area (Å²) in [5.74, 6) is -0.0762. The first-order chi connectivity index (χ1) is 13.4. The van der Waals surface area contributed by atoms with Crippen LogP contribution in [0, 0.1) is 0 Å². The molecule has 2 aromatic heterocycles. The standard InChI is InChI=1S/C20H29N5O3/c1-4-9-25-16-15(18(27)23-19(25)28)13(10-14(22-16)12-7-8-12)17(26)24-20(5-2,6-3)11-21/h10,12H,4-9,11,21H2,1-3H3,(H,24,26)(H,23,27,28). The maximum Gasteiger partial charge on any atom is 0.329 e. The number of rotatable bonds is 8. The molecule has 152 valence electrons. The maximum absolute atomic E-state index is 13.2. The van der Waals surface area contributed by atoms with E-state index in [0.29, 0.717) is 32.4 Å². The summed E-state index contributed by atoms with van der Waals surface area (Å²) in [4.78, 5) is 45.2. The van der Waals surface area contributed by atoms with Crippen LogP contribution in [0.5, 0.6) is 0 Å². The number of hydrogen-bond donors (Lipinski definition) is 3. The molecule has 8 heteroatoms. The van der Waals surface area contributed by atoms with Gasteiger partial charge in [0.05, 0.1) is 16.5 Å². The lowest BCUT2D eigenvalue weighted by molar-refractivity contribution is 0.0896. The molecule has 28 heavy (non-hydrogen) atoms. The lowest BCUT2D eigenvalue weighted by Crippen LogP contribution is -2.53. The smallest absolute Gasteiger partial charge is 0.329 e. The number of H-pyrrole nitrogens is 1. The first-order valence-electron chi connectivity index (χ1n) is 10.1. The van der Waals surface area contributed by atoms with Crippen molar-refractivity contribution in [1.82, 2.24) is 19.9 Å². The van der Waals surface area contributed by atoms with E-state index < -0.39 is 16.8 Å². The summed E-state index contributed by atoms with van der Waals surface area (Å²) in [5.41, 5.74) is 5.63. The molecule has 3 rings (SSSR count). The van der Waals surface area contributed by atoms with Gasteiger partial charge in [0.1, 0.15) is 0 Å². The van der Waals surface area contributed by atoms with E-state index in [0.717, 1.165) is 18.5 Å². The van der Waals surface area contributed by atoms with Crippen molar-refractivity contribution in [2.75, 3.05) is 6.54 Å². The molecule has 4 N–H and O–H groups in total. The minimum absolute atomic E-state index is 0.160. The highest BCUT2D eigenvalue weighted by molar-refractivity contribution is 6.05. The number of hydrogen-bond acceptors (Lipinski definition) is 5.